The maximum absolute atomic E-state index is 2.40. The second-order valence-electron chi connectivity index (χ2n) is 17.4. The zero-order valence-electron chi connectivity index (χ0n) is 36.7. The molecule has 2 heterocycles. The van der Waals surface area contributed by atoms with Gasteiger partial charge in [0.25, 0.3) is 0 Å². The molecule has 0 N–H and O–H groups in total. The molecule has 0 aliphatic carbocycles. The highest BCUT2D eigenvalue weighted by atomic mass is 15.1. The third-order valence-corrected chi connectivity index (χ3v) is 13.5. The third-order valence-electron chi connectivity index (χ3n) is 13.5. The first-order valence-electron chi connectivity index (χ1n) is 23.0. The van der Waals surface area contributed by atoms with Crippen molar-refractivity contribution in [2.45, 2.75) is 0 Å². The molecule has 0 unspecified atom stereocenters. The quantitative estimate of drug-likeness (QED) is 0.148. The molecule has 0 radical (unpaired) electrons. The van der Waals surface area contributed by atoms with E-state index in [-0.39, 0.29) is 0 Å². The minimum atomic E-state index is 1.09. The molecule has 314 valence electrons. The second-order valence-corrected chi connectivity index (χ2v) is 17.4. The van der Waals surface area contributed by atoms with Crippen LogP contribution in [-0.4, -0.2) is 9.13 Å². The monoisotopic (exact) mass is 853 g/mol. The molecular weight excluding hydrogens is 811 g/mol. The van der Waals surface area contributed by atoms with E-state index in [9.17, 15) is 0 Å². The molecule has 0 atom stereocenters. The van der Waals surface area contributed by atoms with Crippen LogP contribution >= 0.6 is 0 Å². The van der Waals surface area contributed by atoms with Gasteiger partial charge in [-0.05, 0) is 147 Å². The van der Waals surface area contributed by atoms with Crippen molar-refractivity contribution in [2.75, 3.05) is 4.90 Å². The zero-order chi connectivity index (χ0) is 44.3. The third kappa shape index (κ3) is 6.67. The normalized spacial score (nSPS) is 11.6. The summed E-state index contributed by atoms with van der Waals surface area (Å²) in [6.45, 7) is 0. The average Bonchev–Trinajstić information content (AvgIpc) is 3.92. The van der Waals surface area contributed by atoms with Gasteiger partial charge in [0, 0.05) is 50.0 Å². The van der Waals surface area contributed by atoms with E-state index in [1.165, 1.54) is 93.5 Å². The van der Waals surface area contributed by atoms with Crippen molar-refractivity contribution in [3.63, 3.8) is 0 Å². The molecule has 2 aromatic heterocycles. The number of hydrogen-bond donors (Lipinski definition) is 0. The Morgan fingerprint density at radius 3 is 1.16 bits per heavy atom. The van der Waals surface area contributed by atoms with Gasteiger partial charge in [-0.3, -0.25) is 0 Å². The summed E-state index contributed by atoms with van der Waals surface area (Å²) >= 11 is 0. The number of anilines is 3. The highest BCUT2D eigenvalue weighted by Crippen LogP contribution is 2.40. The van der Waals surface area contributed by atoms with Gasteiger partial charge in [0.1, 0.15) is 0 Å². The van der Waals surface area contributed by atoms with Crippen LogP contribution in [0, 0.1) is 0 Å². The van der Waals surface area contributed by atoms with Crippen LogP contribution < -0.4 is 4.90 Å². The number of para-hydroxylation sites is 4. The predicted molar refractivity (Wildman–Crippen MR) is 284 cm³/mol. The summed E-state index contributed by atoms with van der Waals surface area (Å²) < 4.78 is 4.77. The Morgan fingerprint density at radius 2 is 0.597 bits per heavy atom. The molecule has 0 aliphatic heterocycles. The SMILES string of the molecule is c1ccc(N(c2ccc(-c3ccc4c(c3)c3ccccc3n4-c3ccccc3)cc2)c2ccc(-n3c4ccccc4c4cc(-c5ccc(-c6ccc7ccccc7c6)cc5)ccc43)cc2)cc1. The van der Waals surface area contributed by atoms with E-state index in [1.807, 2.05) is 0 Å². The first kappa shape index (κ1) is 38.5. The van der Waals surface area contributed by atoms with Gasteiger partial charge in [-0.1, -0.05) is 158 Å². The molecule has 13 rings (SSSR count). The van der Waals surface area contributed by atoms with E-state index < -0.39 is 0 Å². The van der Waals surface area contributed by atoms with Gasteiger partial charge in [0.15, 0.2) is 0 Å². The summed E-state index contributed by atoms with van der Waals surface area (Å²) in [5.41, 5.74) is 17.6. The van der Waals surface area contributed by atoms with Crippen molar-refractivity contribution < 1.29 is 0 Å². The van der Waals surface area contributed by atoms with E-state index in [0.717, 1.165) is 22.7 Å². The Hall–Kier alpha value is -8.92. The van der Waals surface area contributed by atoms with Crippen LogP contribution in [0.25, 0.3) is 99.1 Å². The van der Waals surface area contributed by atoms with Crippen molar-refractivity contribution in [3.05, 3.63) is 261 Å². The van der Waals surface area contributed by atoms with Crippen molar-refractivity contribution in [3.8, 4) is 44.8 Å². The molecular formula is C64H43N3. The zero-order valence-corrected chi connectivity index (χ0v) is 36.7. The lowest BCUT2D eigenvalue weighted by molar-refractivity contribution is 1.17. The standard InChI is InChI=1S/C64H43N3/c1-3-15-52(16-4-1)65(54-33-29-47(30-34-54)51-32-39-63-59(43-51)57-19-9-11-21-61(57)66(63)53-17-5-2-6-18-53)55-35-37-56(38-36-55)67-62-22-12-10-20-58(62)60-42-50(31-40-64(60)67)46-25-23-45(24-26-46)49-28-27-44-13-7-8-14-48(44)41-49/h1-43H. The molecule has 0 bridgehead atoms. The molecule has 0 spiro atoms. The minimum absolute atomic E-state index is 1.09. The van der Waals surface area contributed by atoms with Crippen LogP contribution in [0.1, 0.15) is 0 Å². The number of nitrogens with zero attached hydrogens (tertiary/aromatic N) is 3. The lowest BCUT2D eigenvalue weighted by Crippen LogP contribution is -2.10. The topological polar surface area (TPSA) is 13.1 Å². The number of benzene rings is 11. The molecule has 0 aliphatic rings. The largest absolute Gasteiger partial charge is 0.311 e. The van der Waals surface area contributed by atoms with Crippen molar-refractivity contribution in [1.29, 1.82) is 0 Å². The number of hydrogen-bond acceptors (Lipinski definition) is 1. The fourth-order valence-electron chi connectivity index (χ4n) is 10.2. The smallest absolute Gasteiger partial charge is 0.0541 e. The second kappa shape index (κ2) is 16.0. The van der Waals surface area contributed by atoms with Crippen LogP contribution in [0.15, 0.2) is 261 Å². The van der Waals surface area contributed by atoms with Gasteiger partial charge < -0.3 is 14.0 Å². The molecule has 3 heteroatoms. The van der Waals surface area contributed by atoms with Gasteiger partial charge in [0.2, 0.25) is 0 Å². The molecule has 0 fully saturated rings. The lowest BCUT2D eigenvalue weighted by Gasteiger charge is -2.26. The highest BCUT2D eigenvalue weighted by molar-refractivity contribution is 6.11. The van der Waals surface area contributed by atoms with Crippen molar-refractivity contribution in [1.82, 2.24) is 9.13 Å². The first-order valence-corrected chi connectivity index (χ1v) is 23.0. The highest BCUT2D eigenvalue weighted by Gasteiger charge is 2.18. The van der Waals surface area contributed by atoms with E-state index in [0.29, 0.717) is 0 Å². The van der Waals surface area contributed by atoms with Crippen LogP contribution in [0.4, 0.5) is 17.1 Å². The number of fused-ring (bicyclic) bond motifs is 7. The Kier molecular flexibility index (Phi) is 9.17. The Labute approximate surface area is 389 Å². The maximum atomic E-state index is 2.40. The Morgan fingerprint density at radius 1 is 0.224 bits per heavy atom. The van der Waals surface area contributed by atoms with Gasteiger partial charge in [-0.15, -0.1) is 0 Å². The average molecular weight is 854 g/mol. The first-order chi connectivity index (χ1) is 33.2. The summed E-state index contributed by atoms with van der Waals surface area (Å²) in [4.78, 5) is 2.34. The predicted octanol–water partition coefficient (Wildman–Crippen LogP) is 17.5. The molecule has 0 saturated heterocycles. The molecule has 13 aromatic rings. The van der Waals surface area contributed by atoms with E-state index in [1.54, 1.807) is 0 Å². The summed E-state index contributed by atoms with van der Waals surface area (Å²) in [5, 5.41) is 7.50. The Bertz CT molecular complexity index is 3940. The van der Waals surface area contributed by atoms with E-state index in [4.69, 9.17) is 0 Å². The van der Waals surface area contributed by atoms with Gasteiger partial charge in [-0.2, -0.15) is 0 Å². The van der Waals surface area contributed by atoms with Gasteiger partial charge in [0.05, 0.1) is 22.1 Å². The van der Waals surface area contributed by atoms with E-state index in [2.05, 4.69) is 275 Å². The molecule has 0 saturated carbocycles. The molecule has 11 aromatic carbocycles. The number of rotatable bonds is 8. The van der Waals surface area contributed by atoms with Crippen LogP contribution in [0.2, 0.25) is 0 Å². The fraction of sp³-hybridized carbons (Fsp3) is 0. The van der Waals surface area contributed by atoms with Crippen molar-refractivity contribution >= 4 is 71.4 Å². The van der Waals surface area contributed by atoms with Crippen molar-refractivity contribution in [2.24, 2.45) is 0 Å². The van der Waals surface area contributed by atoms with Gasteiger partial charge in [-0.25, -0.2) is 0 Å². The summed E-state index contributed by atoms with van der Waals surface area (Å²) in [5.74, 6) is 0. The Balaban J connectivity index is 0.828. The lowest BCUT2D eigenvalue weighted by atomic mass is 9.97. The van der Waals surface area contributed by atoms with E-state index >= 15 is 0 Å². The van der Waals surface area contributed by atoms with Crippen LogP contribution in [0.5, 0.6) is 0 Å². The maximum Gasteiger partial charge on any atom is 0.0541 e. The molecule has 67 heavy (non-hydrogen) atoms. The molecule has 0 amide bonds. The summed E-state index contributed by atoms with van der Waals surface area (Å²) in [6.07, 6.45) is 0. The van der Waals surface area contributed by atoms with Crippen LogP contribution in [-0.2, 0) is 0 Å². The minimum Gasteiger partial charge on any atom is -0.311 e. The molecule has 3 nitrogen and oxygen atoms in total. The van der Waals surface area contributed by atoms with Crippen LogP contribution in [0.3, 0.4) is 0 Å². The van der Waals surface area contributed by atoms with Gasteiger partial charge >= 0.3 is 0 Å². The fourth-order valence-corrected chi connectivity index (χ4v) is 10.2. The summed E-state index contributed by atoms with van der Waals surface area (Å²) in [7, 11) is 0. The summed E-state index contributed by atoms with van der Waals surface area (Å²) in [6, 6.07) is 94.8. The number of aromatic nitrogens is 2.